The summed E-state index contributed by atoms with van der Waals surface area (Å²) in [5.74, 6) is -0.0159. The van der Waals surface area contributed by atoms with Gasteiger partial charge in [0.25, 0.3) is 0 Å². The van der Waals surface area contributed by atoms with Gasteiger partial charge in [0, 0.05) is 5.02 Å². The summed E-state index contributed by atoms with van der Waals surface area (Å²) in [6.07, 6.45) is 21.1. The summed E-state index contributed by atoms with van der Waals surface area (Å²) in [4.78, 5) is 0. The molecule has 22 heavy (non-hydrogen) atoms. The van der Waals surface area contributed by atoms with Crippen LogP contribution in [-0.2, 0) is 17.1 Å². The summed E-state index contributed by atoms with van der Waals surface area (Å²) in [6, 6.07) is 6.87. The van der Waals surface area contributed by atoms with Gasteiger partial charge in [0.2, 0.25) is 0 Å². The smallest absolute Gasteiger partial charge is 0.872 e. The number of rotatable bonds is 2. The van der Waals surface area contributed by atoms with E-state index < -0.39 is 0 Å². The van der Waals surface area contributed by atoms with Crippen molar-refractivity contribution in [3.8, 4) is 0 Å². The Morgan fingerprint density at radius 2 is 1.73 bits per heavy atom. The maximum Gasteiger partial charge on any atom is 2.00 e. The molecule has 0 unspecified atom stereocenters. The van der Waals surface area contributed by atoms with E-state index in [0.717, 1.165) is 5.57 Å². The Morgan fingerprint density at radius 3 is 2.23 bits per heavy atom. The van der Waals surface area contributed by atoms with Crippen LogP contribution >= 0.6 is 11.6 Å². The molecule has 0 N–H and O–H groups in total. The van der Waals surface area contributed by atoms with Crippen molar-refractivity contribution in [1.82, 2.24) is 0 Å². The number of allylic oxidation sites excluding steroid dienone is 9. The fourth-order valence-electron chi connectivity index (χ4n) is 1.70. The standard InChI is InChI=1S/C14H11ClO.C5H5.Fe/c15-13-8-6-12(7-9-13)14(16)10-5-11-3-1-2-4-11;1-2-4-5-3-1;/h1-10,16H;1-5H;/q;-1;+2/p-1/b14-10-;;. The first-order valence-corrected chi connectivity index (χ1v) is 7.00. The summed E-state index contributed by atoms with van der Waals surface area (Å²) >= 11 is 5.75. The monoisotopic (exact) mass is 350 g/mol. The minimum absolute atomic E-state index is 0. The average Bonchev–Trinajstić information content (AvgIpc) is 3.21. The van der Waals surface area contributed by atoms with Gasteiger partial charge in [-0.25, -0.2) is 18.6 Å². The van der Waals surface area contributed by atoms with Gasteiger partial charge in [0.05, 0.1) is 0 Å². The van der Waals surface area contributed by atoms with Crippen LogP contribution in [0.3, 0.4) is 0 Å². The van der Waals surface area contributed by atoms with Crippen molar-refractivity contribution in [3.63, 3.8) is 0 Å². The quantitative estimate of drug-likeness (QED) is 0.444. The van der Waals surface area contributed by atoms with Crippen molar-refractivity contribution in [2.24, 2.45) is 0 Å². The van der Waals surface area contributed by atoms with E-state index in [9.17, 15) is 5.11 Å². The number of hydrogen-bond acceptors (Lipinski definition) is 1. The Hall–Kier alpha value is -1.60. The van der Waals surface area contributed by atoms with Crippen LogP contribution in [0.5, 0.6) is 0 Å². The minimum Gasteiger partial charge on any atom is -0.872 e. The first-order chi connectivity index (χ1) is 10.3. The van der Waals surface area contributed by atoms with Gasteiger partial charge in [0.15, 0.2) is 0 Å². The Kier molecular flexibility index (Phi) is 8.54. The molecule has 1 aromatic rings. The van der Waals surface area contributed by atoms with Gasteiger partial charge in [-0.15, -0.1) is 18.6 Å². The third-order valence-electron chi connectivity index (χ3n) is 2.80. The SMILES string of the molecule is [CH]1[CH][CH-]C=C1.[Fe+2].[O-]/C(=C\C=C1C=CC=C1)c1ccc(Cl)cc1. The first kappa shape index (κ1) is 18.4. The fraction of sp³-hybridized carbons (Fsp3) is 0. The number of hydrogen-bond donors (Lipinski definition) is 0. The normalized spacial score (nSPS) is 15.0. The van der Waals surface area contributed by atoms with Crippen LogP contribution in [0.25, 0.3) is 5.76 Å². The molecule has 0 atom stereocenters. The summed E-state index contributed by atoms with van der Waals surface area (Å²) in [7, 11) is 0. The molecule has 2 aliphatic rings. The number of halogens is 1. The molecule has 0 amide bonds. The molecule has 0 aromatic heterocycles. The predicted octanol–water partition coefficient (Wildman–Crippen LogP) is 4.26. The van der Waals surface area contributed by atoms with Gasteiger partial charge >= 0.3 is 17.1 Å². The zero-order valence-corrected chi connectivity index (χ0v) is 13.7. The average molecular weight is 351 g/mol. The molecule has 2 radical (unpaired) electrons. The van der Waals surface area contributed by atoms with Gasteiger partial charge in [-0.05, 0) is 23.3 Å². The minimum atomic E-state index is -0.0159. The van der Waals surface area contributed by atoms with Crippen LogP contribution in [-0.4, -0.2) is 0 Å². The summed E-state index contributed by atoms with van der Waals surface area (Å²) in [6.45, 7) is 0. The molecule has 0 heterocycles. The molecule has 0 aliphatic heterocycles. The Labute approximate surface area is 147 Å². The summed E-state index contributed by atoms with van der Waals surface area (Å²) in [5, 5.41) is 12.4. The molecule has 112 valence electrons. The van der Waals surface area contributed by atoms with Gasteiger partial charge in [-0.3, -0.25) is 0 Å². The largest absolute Gasteiger partial charge is 2.00 e. The van der Waals surface area contributed by atoms with Crippen molar-refractivity contribution in [2.45, 2.75) is 0 Å². The molecular weight excluding hydrogens is 336 g/mol. The van der Waals surface area contributed by atoms with Gasteiger partial charge in [-0.1, -0.05) is 60.2 Å². The molecule has 0 spiro atoms. The zero-order valence-electron chi connectivity index (χ0n) is 11.8. The maximum absolute atomic E-state index is 11.7. The van der Waals surface area contributed by atoms with E-state index in [-0.39, 0.29) is 22.8 Å². The van der Waals surface area contributed by atoms with Crippen molar-refractivity contribution in [3.05, 3.63) is 108 Å². The van der Waals surface area contributed by atoms with E-state index in [1.807, 2.05) is 55.7 Å². The fourth-order valence-corrected chi connectivity index (χ4v) is 1.83. The molecule has 0 fully saturated rings. The van der Waals surface area contributed by atoms with Crippen LogP contribution in [0.1, 0.15) is 5.56 Å². The summed E-state index contributed by atoms with van der Waals surface area (Å²) < 4.78 is 0. The maximum atomic E-state index is 11.7. The van der Waals surface area contributed by atoms with Crippen molar-refractivity contribution < 1.29 is 22.2 Å². The topological polar surface area (TPSA) is 23.1 Å². The van der Waals surface area contributed by atoms with Crippen LogP contribution in [0.4, 0.5) is 0 Å². The first-order valence-electron chi connectivity index (χ1n) is 6.62. The predicted molar refractivity (Wildman–Crippen MR) is 87.8 cm³/mol. The molecular formula is C19H15ClFeO. The molecule has 1 nitrogen and oxygen atoms in total. The third kappa shape index (κ3) is 6.44. The molecule has 0 saturated heterocycles. The second-order valence-electron chi connectivity index (χ2n) is 4.38. The zero-order chi connectivity index (χ0) is 14.9. The van der Waals surface area contributed by atoms with E-state index in [2.05, 4.69) is 0 Å². The molecule has 3 heteroatoms. The third-order valence-corrected chi connectivity index (χ3v) is 3.05. The molecule has 2 aliphatic carbocycles. The van der Waals surface area contributed by atoms with E-state index >= 15 is 0 Å². The second-order valence-corrected chi connectivity index (χ2v) is 4.82. The molecule has 1 aromatic carbocycles. The Balaban J connectivity index is 0.000000344. The van der Waals surface area contributed by atoms with E-state index in [4.69, 9.17) is 11.6 Å². The Bertz CT molecular complexity index is 587. The summed E-state index contributed by atoms with van der Waals surface area (Å²) in [5.41, 5.74) is 1.68. The molecule has 0 bridgehead atoms. The van der Waals surface area contributed by atoms with Crippen LogP contribution in [0, 0.1) is 19.3 Å². The van der Waals surface area contributed by atoms with Crippen molar-refractivity contribution in [2.75, 3.05) is 0 Å². The van der Waals surface area contributed by atoms with E-state index in [0.29, 0.717) is 10.6 Å². The van der Waals surface area contributed by atoms with E-state index in [1.54, 1.807) is 36.4 Å². The van der Waals surface area contributed by atoms with Crippen LogP contribution < -0.4 is 5.11 Å². The van der Waals surface area contributed by atoms with Crippen LogP contribution in [0.15, 0.2) is 78.4 Å². The Morgan fingerprint density at radius 1 is 1.05 bits per heavy atom. The van der Waals surface area contributed by atoms with Crippen molar-refractivity contribution >= 4 is 17.4 Å². The van der Waals surface area contributed by atoms with Gasteiger partial charge in [0.1, 0.15) is 0 Å². The van der Waals surface area contributed by atoms with Crippen molar-refractivity contribution in [1.29, 1.82) is 0 Å². The van der Waals surface area contributed by atoms with Gasteiger partial charge < -0.3 is 5.11 Å². The molecule has 0 saturated carbocycles. The van der Waals surface area contributed by atoms with Gasteiger partial charge in [-0.2, -0.15) is 0 Å². The second kappa shape index (κ2) is 10.2. The van der Waals surface area contributed by atoms with Crippen LogP contribution in [0.2, 0.25) is 5.02 Å². The van der Waals surface area contributed by atoms with E-state index in [1.165, 1.54) is 0 Å². The number of benzene rings is 1. The molecule has 3 rings (SSSR count).